The summed E-state index contributed by atoms with van der Waals surface area (Å²) in [6.45, 7) is 6.83. The Bertz CT molecular complexity index is 2470. The maximum atomic E-state index is 14.0. The lowest BCUT2D eigenvalue weighted by atomic mass is 10.1. The van der Waals surface area contributed by atoms with Crippen molar-refractivity contribution < 1.29 is 33.3 Å². The van der Waals surface area contributed by atoms with Gasteiger partial charge in [0.05, 0.1) is 48.8 Å². The number of methoxy groups -OCH3 is 2. The molecule has 3 aliphatic heterocycles. The predicted octanol–water partition coefficient (Wildman–Crippen LogP) is 6.94. The van der Waals surface area contributed by atoms with E-state index in [-0.39, 0.29) is 37.0 Å². The number of likely N-dealkylation sites (N-methyl/N-ethyl adjacent to an activating group) is 1. The lowest BCUT2D eigenvalue weighted by molar-refractivity contribution is -0.117. The number of anilines is 4. The summed E-state index contributed by atoms with van der Waals surface area (Å²) in [5, 5.41) is 9.43. The van der Waals surface area contributed by atoms with Gasteiger partial charge in [0.1, 0.15) is 13.2 Å². The van der Waals surface area contributed by atoms with Gasteiger partial charge in [-0.3, -0.25) is 19.4 Å². The fraction of sp³-hybridized carbons (Fsp3) is 0.261. The Kier molecular flexibility index (Phi) is 10.9. The van der Waals surface area contributed by atoms with Gasteiger partial charge in [-0.15, -0.1) is 0 Å². The molecule has 0 spiro atoms. The highest BCUT2D eigenvalue weighted by Gasteiger charge is 2.38. The highest BCUT2D eigenvalue weighted by Crippen LogP contribution is 2.41. The highest BCUT2D eigenvalue weighted by atomic mass is 16.5. The molecule has 0 saturated carbocycles. The summed E-state index contributed by atoms with van der Waals surface area (Å²) in [7, 11) is 4.78. The molecule has 13 nitrogen and oxygen atoms in total. The van der Waals surface area contributed by atoms with Gasteiger partial charge in [-0.2, -0.15) is 0 Å². The largest absolute Gasteiger partial charge is 0.493 e. The van der Waals surface area contributed by atoms with E-state index in [0.29, 0.717) is 64.3 Å². The second kappa shape index (κ2) is 16.5. The third-order valence-electron chi connectivity index (χ3n) is 11.1. The number of fused-ring (bicyclic) bond motifs is 5. The van der Waals surface area contributed by atoms with Gasteiger partial charge < -0.3 is 44.7 Å². The molecule has 0 bridgehead atoms. The van der Waals surface area contributed by atoms with Crippen LogP contribution in [0.15, 0.2) is 96.0 Å². The fourth-order valence-corrected chi connectivity index (χ4v) is 7.94. The molecule has 0 saturated heterocycles. The summed E-state index contributed by atoms with van der Waals surface area (Å²) in [4.78, 5) is 48.6. The van der Waals surface area contributed by atoms with Crippen LogP contribution in [-0.2, 0) is 30.8 Å². The van der Waals surface area contributed by atoms with Gasteiger partial charge >= 0.3 is 0 Å². The molecule has 5 aromatic rings. The van der Waals surface area contributed by atoms with Crippen LogP contribution in [0.3, 0.4) is 0 Å². The van der Waals surface area contributed by atoms with Gasteiger partial charge in [-0.05, 0) is 98.2 Å². The molecule has 0 aliphatic carbocycles. The van der Waals surface area contributed by atoms with Crippen molar-refractivity contribution in [3.05, 3.63) is 124 Å². The van der Waals surface area contributed by atoms with E-state index in [1.165, 1.54) is 7.11 Å². The molecular formula is C46H46N6O7. The molecule has 3 N–H and O–H groups in total. The number of benzene rings is 5. The number of para-hydroxylation sites is 2. The first kappa shape index (κ1) is 39.0. The topological polar surface area (TPSA) is 143 Å². The van der Waals surface area contributed by atoms with E-state index < -0.39 is 6.04 Å². The average molecular weight is 795 g/mol. The van der Waals surface area contributed by atoms with Gasteiger partial charge in [0.15, 0.2) is 23.0 Å². The van der Waals surface area contributed by atoms with E-state index in [1.807, 2.05) is 65.6 Å². The van der Waals surface area contributed by atoms with E-state index in [9.17, 15) is 14.4 Å². The number of nitrogens with one attached hydrogen (secondary N) is 3. The normalized spacial score (nSPS) is 15.5. The molecule has 3 aliphatic rings. The fourth-order valence-electron chi connectivity index (χ4n) is 7.94. The molecule has 0 fully saturated rings. The molecule has 0 aromatic heterocycles. The standard InChI is InChI=1S/C46H46N6O7/c1-27(47-2)44(53)50-32-17-28(25-58-42-22-36(48-3)34(20-40(42)56-4)45(54)51-15-14-30-10-6-8-12-38(30)51)16-29(18-32)26-59-43-23-37-35(21-41(43)57-5)46(55)52-33(24-49-37)19-31-11-7-9-13-39(31)52/h6-13,16-18,20-23,27,33,47,49H,3,14-15,19,24-26H2,1-2,4-5H3,(H,50,53)/t27-,33-/m0/s1. The predicted molar refractivity (Wildman–Crippen MR) is 229 cm³/mol. The molecule has 5 aromatic carbocycles. The van der Waals surface area contributed by atoms with Crippen LogP contribution < -0.4 is 44.7 Å². The zero-order valence-corrected chi connectivity index (χ0v) is 33.5. The first-order valence-electron chi connectivity index (χ1n) is 19.5. The van der Waals surface area contributed by atoms with Crippen molar-refractivity contribution >= 4 is 52.9 Å². The Balaban J connectivity index is 1.04. The summed E-state index contributed by atoms with van der Waals surface area (Å²) < 4.78 is 24.2. The minimum Gasteiger partial charge on any atom is -0.493 e. The number of amides is 3. The zero-order valence-electron chi connectivity index (χ0n) is 33.5. The lowest BCUT2D eigenvalue weighted by Gasteiger charge is -2.22. The summed E-state index contributed by atoms with van der Waals surface area (Å²) in [5.74, 6) is 1.07. The van der Waals surface area contributed by atoms with Crippen LogP contribution in [0.5, 0.6) is 23.0 Å². The number of hydrogen-bond acceptors (Lipinski definition) is 10. The molecule has 0 unspecified atom stereocenters. The van der Waals surface area contributed by atoms with E-state index in [4.69, 9.17) is 18.9 Å². The second-order valence-electron chi connectivity index (χ2n) is 14.7. The quantitative estimate of drug-likeness (QED) is 0.108. The molecule has 8 rings (SSSR count). The molecule has 59 heavy (non-hydrogen) atoms. The molecular weight excluding hydrogens is 749 g/mol. The van der Waals surface area contributed by atoms with Crippen LogP contribution in [0.1, 0.15) is 49.9 Å². The van der Waals surface area contributed by atoms with Crippen LogP contribution in [0, 0.1) is 0 Å². The number of aliphatic imine (C=N–C) groups is 1. The van der Waals surface area contributed by atoms with Crippen molar-refractivity contribution in [2.24, 2.45) is 4.99 Å². The van der Waals surface area contributed by atoms with Crippen molar-refractivity contribution in [3.63, 3.8) is 0 Å². The first-order valence-corrected chi connectivity index (χ1v) is 19.5. The van der Waals surface area contributed by atoms with Crippen LogP contribution in [0.2, 0.25) is 0 Å². The van der Waals surface area contributed by atoms with Gasteiger partial charge in [0, 0.05) is 42.3 Å². The Labute approximate surface area is 342 Å². The number of carbonyl (C=O) groups excluding carboxylic acids is 3. The highest BCUT2D eigenvalue weighted by molar-refractivity contribution is 6.12. The Morgan fingerprint density at radius 1 is 0.864 bits per heavy atom. The summed E-state index contributed by atoms with van der Waals surface area (Å²) >= 11 is 0. The summed E-state index contributed by atoms with van der Waals surface area (Å²) in [6.07, 6.45) is 1.54. The van der Waals surface area contributed by atoms with Gasteiger partial charge in [0.25, 0.3) is 11.8 Å². The number of rotatable bonds is 13. The van der Waals surface area contributed by atoms with Crippen molar-refractivity contribution in [1.29, 1.82) is 0 Å². The SMILES string of the molecule is C=Nc1cc(OCc2cc(COc3cc4c(cc3OC)C(=O)N3c5ccccc5C[C@H]3CN4)cc(NC(=O)[C@H](C)NC)c2)c(OC)cc1C(=O)N1CCc2ccccc21. The third-order valence-corrected chi connectivity index (χ3v) is 11.1. The second-order valence-corrected chi connectivity index (χ2v) is 14.7. The lowest BCUT2D eigenvalue weighted by Crippen LogP contribution is -2.39. The summed E-state index contributed by atoms with van der Waals surface area (Å²) in [6, 6.07) is 27.8. The maximum absolute atomic E-state index is 14.0. The van der Waals surface area contributed by atoms with Crippen LogP contribution >= 0.6 is 0 Å². The van der Waals surface area contributed by atoms with Crippen LogP contribution in [0.25, 0.3) is 0 Å². The van der Waals surface area contributed by atoms with E-state index in [1.54, 1.807) is 50.2 Å². The molecule has 3 amide bonds. The van der Waals surface area contributed by atoms with E-state index in [2.05, 4.69) is 33.7 Å². The van der Waals surface area contributed by atoms with Gasteiger partial charge in [-0.1, -0.05) is 36.4 Å². The molecule has 302 valence electrons. The maximum Gasteiger partial charge on any atom is 0.260 e. The summed E-state index contributed by atoms with van der Waals surface area (Å²) in [5.41, 5.74) is 7.96. The minimum absolute atomic E-state index is 0.0139. The number of nitrogens with zero attached hydrogens (tertiary/aromatic N) is 3. The Morgan fingerprint density at radius 2 is 1.53 bits per heavy atom. The van der Waals surface area contributed by atoms with Crippen molar-refractivity contribution in [3.8, 4) is 23.0 Å². The molecule has 13 heteroatoms. The molecule has 3 heterocycles. The van der Waals surface area contributed by atoms with E-state index in [0.717, 1.165) is 46.5 Å². The Hall–Kier alpha value is -6.86. The monoisotopic (exact) mass is 794 g/mol. The third kappa shape index (κ3) is 7.64. The van der Waals surface area contributed by atoms with Crippen LogP contribution in [-0.4, -0.2) is 70.9 Å². The number of ether oxygens (including phenoxy) is 4. The average Bonchev–Trinajstić information content (AvgIpc) is 3.84. The van der Waals surface area contributed by atoms with Crippen molar-refractivity contribution in [2.45, 2.75) is 45.1 Å². The number of carbonyl (C=O) groups is 3. The molecule has 0 radical (unpaired) electrons. The van der Waals surface area contributed by atoms with Gasteiger partial charge in [0.2, 0.25) is 5.91 Å². The smallest absolute Gasteiger partial charge is 0.260 e. The first-order chi connectivity index (χ1) is 28.7. The Morgan fingerprint density at radius 3 is 2.22 bits per heavy atom. The van der Waals surface area contributed by atoms with Crippen LogP contribution in [0.4, 0.5) is 28.4 Å². The van der Waals surface area contributed by atoms with Gasteiger partial charge in [-0.25, -0.2) is 0 Å². The number of hydrogen-bond donors (Lipinski definition) is 3. The van der Waals surface area contributed by atoms with Crippen molar-refractivity contribution in [2.75, 3.05) is 54.8 Å². The van der Waals surface area contributed by atoms with E-state index >= 15 is 0 Å². The minimum atomic E-state index is -0.442. The zero-order chi connectivity index (χ0) is 41.2. The molecule has 2 atom stereocenters. The van der Waals surface area contributed by atoms with Crippen molar-refractivity contribution in [1.82, 2.24) is 5.32 Å².